The first kappa shape index (κ1) is 18.7. The zero-order valence-electron chi connectivity index (χ0n) is 14.5. The molecule has 0 saturated heterocycles. The normalized spacial score (nSPS) is 17.4. The highest BCUT2D eigenvalue weighted by Crippen LogP contribution is 2.39. The minimum absolute atomic E-state index is 0.0384. The second kappa shape index (κ2) is 6.70. The number of nitrogens with one attached hydrogen (secondary N) is 1. The van der Waals surface area contributed by atoms with Crippen molar-refractivity contribution in [1.29, 1.82) is 0 Å². The predicted molar refractivity (Wildman–Crippen MR) is 91.5 cm³/mol. The Morgan fingerprint density at radius 1 is 1.42 bits per heavy atom. The minimum atomic E-state index is -3.73. The third-order valence-corrected chi connectivity index (χ3v) is 6.32. The second-order valence-electron chi connectivity index (χ2n) is 6.50. The number of rotatable bonds is 7. The molecule has 1 amide bonds. The topological polar surface area (TPSA) is 102 Å². The molecule has 2 rings (SSSR count). The molecule has 3 N–H and O–H groups in total. The van der Waals surface area contributed by atoms with Gasteiger partial charge >= 0.3 is 0 Å². The Hall–Kier alpha value is -1.64. The minimum Gasteiger partial charge on any atom is -0.495 e. The highest BCUT2D eigenvalue weighted by atomic mass is 32.2. The lowest BCUT2D eigenvalue weighted by Gasteiger charge is -2.29. The molecule has 0 aromatic heterocycles. The average molecular weight is 355 g/mol. The lowest BCUT2D eigenvalue weighted by atomic mass is 9.95. The van der Waals surface area contributed by atoms with Crippen molar-refractivity contribution >= 4 is 15.9 Å². The summed E-state index contributed by atoms with van der Waals surface area (Å²) in [5.41, 5.74) is 5.61. The van der Waals surface area contributed by atoms with Gasteiger partial charge in [-0.15, -0.1) is 0 Å². The van der Waals surface area contributed by atoms with Gasteiger partial charge in [0.15, 0.2) is 0 Å². The average Bonchev–Trinajstić information content (AvgIpc) is 3.39. The van der Waals surface area contributed by atoms with Crippen molar-refractivity contribution in [3.8, 4) is 5.75 Å². The fourth-order valence-corrected chi connectivity index (χ4v) is 3.66. The number of carbonyl (C=O) groups excluding carboxylic acids is 1. The van der Waals surface area contributed by atoms with Crippen molar-refractivity contribution in [2.45, 2.75) is 30.2 Å². The number of nitrogens with zero attached hydrogens (tertiary/aromatic N) is 1. The monoisotopic (exact) mass is 355 g/mol. The van der Waals surface area contributed by atoms with Crippen molar-refractivity contribution in [2.75, 3.05) is 27.7 Å². The van der Waals surface area contributed by atoms with Crippen LogP contribution in [0.25, 0.3) is 0 Å². The van der Waals surface area contributed by atoms with Crippen LogP contribution in [0.15, 0.2) is 23.1 Å². The fraction of sp³-hybridized carbons (Fsp3) is 0.562. The van der Waals surface area contributed by atoms with E-state index in [9.17, 15) is 13.2 Å². The Kier molecular flexibility index (Phi) is 5.22. The lowest BCUT2D eigenvalue weighted by molar-refractivity contribution is 0.0897. The third kappa shape index (κ3) is 3.55. The molecule has 134 valence electrons. The van der Waals surface area contributed by atoms with Gasteiger partial charge in [0.2, 0.25) is 10.0 Å². The van der Waals surface area contributed by atoms with Gasteiger partial charge in [-0.1, -0.05) is 0 Å². The summed E-state index contributed by atoms with van der Waals surface area (Å²) in [5.74, 6) is 0.228. The maximum absolute atomic E-state index is 12.6. The van der Waals surface area contributed by atoms with E-state index in [1.807, 2.05) is 6.92 Å². The third-order valence-electron chi connectivity index (χ3n) is 4.49. The number of nitrogens with two attached hydrogens (primary N) is 1. The number of benzene rings is 1. The van der Waals surface area contributed by atoms with Crippen molar-refractivity contribution < 1.29 is 17.9 Å². The van der Waals surface area contributed by atoms with E-state index < -0.39 is 15.6 Å². The lowest BCUT2D eigenvalue weighted by Crippen LogP contribution is -2.53. The van der Waals surface area contributed by atoms with E-state index in [2.05, 4.69) is 5.32 Å². The molecule has 1 unspecified atom stereocenters. The second-order valence-corrected chi connectivity index (χ2v) is 8.62. The molecule has 1 saturated carbocycles. The SMILES string of the molecule is COc1ccc(C(=O)NC(C)(CN)C2CC2)cc1S(=O)(=O)N(C)C. The van der Waals surface area contributed by atoms with Crippen LogP contribution in [0.4, 0.5) is 0 Å². The molecule has 24 heavy (non-hydrogen) atoms. The Labute approximate surface area is 143 Å². The fourth-order valence-electron chi connectivity index (χ4n) is 2.59. The first-order valence-electron chi connectivity index (χ1n) is 7.79. The molecular formula is C16H25N3O4S. The number of amides is 1. The van der Waals surface area contributed by atoms with Gasteiger partial charge in [0.1, 0.15) is 10.6 Å². The van der Waals surface area contributed by atoms with E-state index in [0.717, 1.165) is 17.1 Å². The van der Waals surface area contributed by atoms with E-state index in [-0.39, 0.29) is 22.1 Å². The Morgan fingerprint density at radius 2 is 2.04 bits per heavy atom. The molecule has 0 heterocycles. The molecule has 7 nitrogen and oxygen atoms in total. The summed E-state index contributed by atoms with van der Waals surface area (Å²) in [4.78, 5) is 12.5. The van der Waals surface area contributed by atoms with Gasteiger partial charge in [0.05, 0.1) is 12.6 Å². The molecule has 8 heteroatoms. The van der Waals surface area contributed by atoms with Crippen molar-refractivity contribution in [1.82, 2.24) is 9.62 Å². The van der Waals surface area contributed by atoms with E-state index in [1.165, 1.54) is 33.3 Å². The van der Waals surface area contributed by atoms with E-state index in [4.69, 9.17) is 10.5 Å². The maximum atomic E-state index is 12.6. The number of sulfonamides is 1. The van der Waals surface area contributed by atoms with Crippen LogP contribution < -0.4 is 15.8 Å². The molecule has 1 fully saturated rings. The number of ether oxygens (including phenoxy) is 1. The van der Waals surface area contributed by atoms with E-state index >= 15 is 0 Å². The number of hydrogen-bond acceptors (Lipinski definition) is 5. The number of hydrogen-bond donors (Lipinski definition) is 2. The number of carbonyl (C=O) groups is 1. The summed E-state index contributed by atoms with van der Waals surface area (Å²) >= 11 is 0. The summed E-state index contributed by atoms with van der Waals surface area (Å²) in [6, 6.07) is 4.38. The zero-order valence-corrected chi connectivity index (χ0v) is 15.3. The summed E-state index contributed by atoms with van der Waals surface area (Å²) < 4.78 is 31.1. The molecule has 0 aliphatic heterocycles. The largest absolute Gasteiger partial charge is 0.495 e. The molecule has 1 aromatic carbocycles. The van der Waals surface area contributed by atoms with Gasteiger partial charge in [-0.05, 0) is 43.9 Å². The van der Waals surface area contributed by atoms with Crippen molar-refractivity contribution in [2.24, 2.45) is 11.7 Å². The van der Waals surface area contributed by atoms with Gasteiger partial charge < -0.3 is 15.8 Å². The molecule has 1 aromatic rings. The van der Waals surface area contributed by atoms with Gasteiger partial charge in [0, 0.05) is 26.2 Å². The first-order valence-corrected chi connectivity index (χ1v) is 9.23. The summed E-state index contributed by atoms with van der Waals surface area (Å²) in [5, 5.41) is 2.95. The zero-order chi connectivity index (χ0) is 18.1. The van der Waals surface area contributed by atoms with Crippen LogP contribution in [0, 0.1) is 5.92 Å². The molecule has 0 radical (unpaired) electrons. The van der Waals surface area contributed by atoms with Crippen LogP contribution >= 0.6 is 0 Å². The molecule has 0 spiro atoms. The smallest absolute Gasteiger partial charge is 0.251 e. The summed E-state index contributed by atoms with van der Waals surface area (Å²) in [6.45, 7) is 2.26. The number of methoxy groups -OCH3 is 1. The molecule has 1 aliphatic carbocycles. The standard InChI is InChI=1S/C16H25N3O4S/c1-16(10-17,12-6-7-12)18-15(20)11-5-8-13(23-4)14(9-11)24(21,22)19(2)3/h5,8-9,12H,6-7,10,17H2,1-4H3,(H,18,20). The van der Waals surface area contributed by atoms with Gasteiger partial charge in [-0.2, -0.15) is 0 Å². The van der Waals surface area contributed by atoms with Gasteiger partial charge in [-0.3, -0.25) is 4.79 Å². The summed E-state index contributed by atoms with van der Waals surface area (Å²) in [7, 11) is 0.527. The molecule has 0 bridgehead atoms. The van der Waals surface area contributed by atoms with Crippen LogP contribution in [0.3, 0.4) is 0 Å². The quantitative estimate of drug-likeness (QED) is 0.753. The first-order chi connectivity index (χ1) is 11.2. The van der Waals surface area contributed by atoms with Crippen molar-refractivity contribution in [3.63, 3.8) is 0 Å². The van der Waals surface area contributed by atoms with Crippen LogP contribution in [0.1, 0.15) is 30.1 Å². The van der Waals surface area contributed by atoms with Crippen LogP contribution in [0.2, 0.25) is 0 Å². The predicted octanol–water partition coefficient (Wildman–Crippen LogP) is 0.803. The molecule has 1 aliphatic rings. The Morgan fingerprint density at radius 3 is 2.50 bits per heavy atom. The van der Waals surface area contributed by atoms with Crippen LogP contribution in [-0.2, 0) is 10.0 Å². The highest BCUT2D eigenvalue weighted by molar-refractivity contribution is 7.89. The Bertz CT molecular complexity index is 729. The van der Waals surface area contributed by atoms with Gasteiger partial charge in [0.25, 0.3) is 5.91 Å². The molecule has 1 atom stereocenters. The van der Waals surface area contributed by atoms with Gasteiger partial charge in [-0.25, -0.2) is 12.7 Å². The summed E-state index contributed by atoms with van der Waals surface area (Å²) in [6.07, 6.45) is 2.08. The van der Waals surface area contributed by atoms with Crippen LogP contribution in [-0.4, -0.2) is 51.9 Å². The maximum Gasteiger partial charge on any atom is 0.251 e. The highest BCUT2D eigenvalue weighted by Gasteiger charge is 2.41. The van der Waals surface area contributed by atoms with E-state index in [0.29, 0.717) is 12.5 Å². The Balaban J connectivity index is 2.36. The van der Waals surface area contributed by atoms with Crippen LogP contribution in [0.5, 0.6) is 5.75 Å². The van der Waals surface area contributed by atoms with Crippen molar-refractivity contribution in [3.05, 3.63) is 23.8 Å². The molecular weight excluding hydrogens is 330 g/mol. The van der Waals surface area contributed by atoms with E-state index in [1.54, 1.807) is 6.07 Å².